The van der Waals surface area contributed by atoms with Crippen LogP contribution in [0.5, 0.6) is 0 Å². The molecule has 1 aliphatic heterocycles. The first-order chi connectivity index (χ1) is 10.5. The van der Waals surface area contributed by atoms with Crippen LogP contribution < -0.4 is 5.32 Å². The monoisotopic (exact) mass is 304 g/mol. The molecule has 0 unspecified atom stereocenters. The second-order valence-electron chi connectivity index (χ2n) is 6.60. The standard InChI is InChI=1S/C18H28N2O2/c1-13(2)11-20-8-9-22-16(12-20)10-19-18(21)17-7-5-6-14(3)15(17)4/h5-7,13,16H,8-12H2,1-4H3,(H,19,21)/t16-/m0/s1. The molecule has 1 atom stereocenters. The number of hydrogen-bond acceptors (Lipinski definition) is 3. The van der Waals surface area contributed by atoms with Gasteiger partial charge in [0.1, 0.15) is 0 Å². The Morgan fingerprint density at radius 2 is 2.18 bits per heavy atom. The maximum absolute atomic E-state index is 12.3. The predicted molar refractivity (Wildman–Crippen MR) is 89.3 cm³/mol. The molecule has 4 heteroatoms. The lowest BCUT2D eigenvalue weighted by molar-refractivity contribution is -0.0295. The van der Waals surface area contributed by atoms with Crippen molar-refractivity contribution in [3.05, 3.63) is 34.9 Å². The number of aryl methyl sites for hydroxylation is 1. The number of rotatable bonds is 5. The topological polar surface area (TPSA) is 41.6 Å². The van der Waals surface area contributed by atoms with Crippen molar-refractivity contribution < 1.29 is 9.53 Å². The highest BCUT2D eigenvalue weighted by molar-refractivity contribution is 5.95. The van der Waals surface area contributed by atoms with Gasteiger partial charge in [-0.1, -0.05) is 26.0 Å². The second kappa shape index (κ2) is 7.75. The van der Waals surface area contributed by atoms with Crippen LogP contribution in [0.25, 0.3) is 0 Å². The number of amides is 1. The molecule has 1 amide bonds. The Hall–Kier alpha value is -1.39. The van der Waals surface area contributed by atoms with Crippen LogP contribution in [0, 0.1) is 19.8 Å². The van der Waals surface area contributed by atoms with Gasteiger partial charge in [0.15, 0.2) is 0 Å². The van der Waals surface area contributed by atoms with Gasteiger partial charge >= 0.3 is 0 Å². The van der Waals surface area contributed by atoms with Crippen molar-refractivity contribution in [3.8, 4) is 0 Å². The first kappa shape index (κ1) is 17.0. The molecule has 4 nitrogen and oxygen atoms in total. The van der Waals surface area contributed by atoms with E-state index in [1.165, 1.54) is 0 Å². The summed E-state index contributed by atoms with van der Waals surface area (Å²) in [5, 5.41) is 3.02. The summed E-state index contributed by atoms with van der Waals surface area (Å²) in [5.74, 6) is 0.647. The van der Waals surface area contributed by atoms with Gasteiger partial charge in [-0.2, -0.15) is 0 Å². The van der Waals surface area contributed by atoms with Crippen LogP contribution >= 0.6 is 0 Å². The molecular formula is C18H28N2O2. The molecule has 0 radical (unpaired) electrons. The summed E-state index contributed by atoms with van der Waals surface area (Å²) in [4.78, 5) is 14.8. The fraction of sp³-hybridized carbons (Fsp3) is 0.611. The zero-order chi connectivity index (χ0) is 16.1. The number of carbonyl (C=O) groups is 1. The lowest BCUT2D eigenvalue weighted by Gasteiger charge is -2.34. The number of hydrogen-bond donors (Lipinski definition) is 1. The number of nitrogens with zero attached hydrogens (tertiary/aromatic N) is 1. The van der Waals surface area contributed by atoms with E-state index in [0.29, 0.717) is 12.5 Å². The summed E-state index contributed by atoms with van der Waals surface area (Å²) in [6.07, 6.45) is 0.0848. The normalized spacial score (nSPS) is 19.4. The molecule has 1 heterocycles. The van der Waals surface area contributed by atoms with Crippen molar-refractivity contribution in [2.24, 2.45) is 5.92 Å². The Morgan fingerprint density at radius 3 is 2.91 bits per heavy atom. The molecule has 1 aliphatic rings. The Kier molecular flexibility index (Phi) is 5.98. The SMILES string of the molecule is Cc1cccc(C(=O)NC[C@H]2CN(CC(C)C)CCO2)c1C. The summed E-state index contributed by atoms with van der Waals surface area (Å²) in [7, 11) is 0. The van der Waals surface area contributed by atoms with Gasteiger partial charge in [0.2, 0.25) is 0 Å². The smallest absolute Gasteiger partial charge is 0.251 e. The third kappa shape index (κ3) is 4.55. The van der Waals surface area contributed by atoms with Crippen molar-refractivity contribution in [3.63, 3.8) is 0 Å². The Labute approximate surface area is 133 Å². The third-order valence-electron chi connectivity index (χ3n) is 4.19. The predicted octanol–water partition coefficient (Wildman–Crippen LogP) is 2.39. The lowest BCUT2D eigenvalue weighted by Crippen LogP contribution is -2.48. The largest absolute Gasteiger partial charge is 0.374 e. The van der Waals surface area contributed by atoms with E-state index in [1.54, 1.807) is 0 Å². The number of nitrogens with one attached hydrogen (secondary N) is 1. The third-order valence-corrected chi connectivity index (χ3v) is 4.19. The van der Waals surface area contributed by atoms with Gasteiger partial charge in [0.05, 0.1) is 12.7 Å². The fourth-order valence-electron chi connectivity index (χ4n) is 2.88. The summed E-state index contributed by atoms with van der Waals surface area (Å²) in [5.41, 5.74) is 2.95. The van der Waals surface area contributed by atoms with E-state index in [0.717, 1.165) is 42.9 Å². The average molecular weight is 304 g/mol. The number of benzene rings is 1. The van der Waals surface area contributed by atoms with Crippen molar-refractivity contribution in [2.45, 2.75) is 33.8 Å². The van der Waals surface area contributed by atoms with Crippen molar-refractivity contribution in [2.75, 3.05) is 32.8 Å². The van der Waals surface area contributed by atoms with E-state index in [4.69, 9.17) is 4.74 Å². The van der Waals surface area contributed by atoms with E-state index in [2.05, 4.69) is 24.1 Å². The number of ether oxygens (including phenoxy) is 1. The van der Waals surface area contributed by atoms with Gasteiger partial charge in [-0.3, -0.25) is 9.69 Å². The Balaban J connectivity index is 1.87. The Bertz CT molecular complexity index is 514. The van der Waals surface area contributed by atoms with Crippen molar-refractivity contribution in [1.82, 2.24) is 10.2 Å². The maximum atomic E-state index is 12.3. The molecule has 1 fully saturated rings. The molecule has 1 aromatic carbocycles. The molecule has 0 bridgehead atoms. The quantitative estimate of drug-likeness (QED) is 0.908. The highest BCUT2D eigenvalue weighted by Gasteiger charge is 2.21. The van der Waals surface area contributed by atoms with E-state index >= 15 is 0 Å². The average Bonchev–Trinajstić information content (AvgIpc) is 2.47. The van der Waals surface area contributed by atoms with Crippen LogP contribution in [-0.2, 0) is 4.74 Å². The van der Waals surface area contributed by atoms with Crippen LogP contribution in [-0.4, -0.2) is 49.7 Å². The molecule has 2 rings (SSSR count). The van der Waals surface area contributed by atoms with Crippen LogP contribution in [0.3, 0.4) is 0 Å². The van der Waals surface area contributed by atoms with Crippen molar-refractivity contribution in [1.29, 1.82) is 0 Å². The van der Waals surface area contributed by atoms with Gasteiger partial charge < -0.3 is 10.1 Å². The summed E-state index contributed by atoms with van der Waals surface area (Å²) >= 11 is 0. The number of morpholine rings is 1. The Morgan fingerprint density at radius 1 is 1.41 bits per heavy atom. The van der Waals surface area contributed by atoms with Gasteiger partial charge in [0, 0.05) is 31.7 Å². The molecular weight excluding hydrogens is 276 g/mol. The van der Waals surface area contributed by atoms with Gasteiger partial charge in [-0.05, 0) is 37.0 Å². The molecule has 0 aliphatic carbocycles. The molecule has 1 aromatic rings. The fourth-order valence-corrected chi connectivity index (χ4v) is 2.88. The highest BCUT2D eigenvalue weighted by Crippen LogP contribution is 2.13. The highest BCUT2D eigenvalue weighted by atomic mass is 16.5. The van der Waals surface area contributed by atoms with Gasteiger partial charge in [-0.25, -0.2) is 0 Å². The zero-order valence-electron chi connectivity index (χ0n) is 14.2. The van der Waals surface area contributed by atoms with Gasteiger partial charge in [0.25, 0.3) is 5.91 Å². The molecule has 0 saturated carbocycles. The first-order valence-corrected chi connectivity index (χ1v) is 8.15. The summed E-state index contributed by atoms with van der Waals surface area (Å²) in [6.45, 7) is 12.8. The van der Waals surface area contributed by atoms with Gasteiger partial charge in [-0.15, -0.1) is 0 Å². The minimum absolute atomic E-state index is 0.00853. The van der Waals surface area contributed by atoms with E-state index in [9.17, 15) is 4.79 Å². The molecule has 1 saturated heterocycles. The zero-order valence-corrected chi connectivity index (χ0v) is 14.2. The summed E-state index contributed by atoms with van der Waals surface area (Å²) in [6, 6.07) is 5.84. The first-order valence-electron chi connectivity index (χ1n) is 8.15. The summed E-state index contributed by atoms with van der Waals surface area (Å²) < 4.78 is 5.77. The minimum Gasteiger partial charge on any atom is -0.374 e. The molecule has 1 N–H and O–H groups in total. The van der Waals surface area contributed by atoms with Crippen molar-refractivity contribution >= 4 is 5.91 Å². The molecule has 22 heavy (non-hydrogen) atoms. The van der Waals surface area contributed by atoms with Crippen LogP contribution in [0.1, 0.15) is 35.3 Å². The second-order valence-corrected chi connectivity index (χ2v) is 6.60. The van der Waals surface area contributed by atoms with Crippen LogP contribution in [0.2, 0.25) is 0 Å². The van der Waals surface area contributed by atoms with E-state index < -0.39 is 0 Å². The molecule has 0 aromatic heterocycles. The lowest BCUT2D eigenvalue weighted by atomic mass is 10.0. The van der Waals surface area contributed by atoms with E-state index in [-0.39, 0.29) is 12.0 Å². The number of carbonyl (C=O) groups excluding carboxylic acids is 1. The molecule has 0 spiro atoms. The van der Waals surface area contributed by atoms with Crippen LogP contribution in [0.15, 0.2) is 18.2 Å². The van der Waals surface area contributed by atoms with E-state index in [1.807, 2.05) is 32.0 Å². The maximum Gasteiger partial charge on any atom is 0.251 e. The minimum atomic E-state index is -0.00853. The van der Waals surface area contributed by atoms with Crippen LogP contribution in [0.4, 0.5) is 0 Å². The molecule has 122 valence electrons.